The van der Waals surface area contributed by atoms with Crippen LogP contribution in [0.2, 0.25) is 0 Å². The molecule has 0 amide bonds. The van der Waals surface area contributed by atoms with Crippen molar-refractivity contribution in [2.24, 2.45) is 0 Å². The maximum atomic E-state index is 13.2. The van der Waals surface area contributed by atoms with Crippen LogP contribution in [0.1, 0.15) is 44.0 Å². The molecule has 0 bridgehead atoms. The average molecular weight is 410 g/mol. The molecule has 0 saturated heterocycles. The fourth-order valence-corrected chi connectivity index (χ4v) is 4.95. The van der Waals surface area contributed by atoms with Gasteiger partial charge in [0.05, 0.1) is 5.69 Å². The van der Waals surface area contributed by atoms with Gasteiger partial charge in [-0.15, -0.1) is 0 Å². The first-order valence-electron chi connectivity index (χ1n) is 9.68. The number of rotatable bonds is 5. The zero-order valence-electron chi connectivity index (χ0n) is 16.3. The second kappa shape index (κ2) is 6.32. The Kier molecular flexibility index (Phi) is 3.96. The molecule has 3 aromatic rings. The minimum atomic E-state index is -3.86. The lowest BCUT2D eigenvalue weighted by Crippen LogP contribution is -2.25. The summed E-state index contributed by atoms with van der Waals surface area (Å²) in [5.41, 5.74) is 1.54. The van der Waals surface area contributed by atoms with Crippen LogP contribution < -0.4 is 9.46 Å². The summed E-state index contributed by atoms with van der Waals surface area (Å²) in [5.74, 6) is 2.21. The van der Waals surface area contributed by atoms with Crippen molar-refractivity contribution >= 4 is 15.7 Å². The number of ether oxygens (including phenoxy) is 1. The topological polar surface area (TPSA) is 97.0 Å². The number of anilines is 1. The van der Waals surface area contributed by atoms with Gasteiger partial charge in [-0.1, -0.05) is 24.3 Å². The van der Waals surface area contributed by atoms with Crippen LogP contribution in [-0.4, -0.2) is 29.2 Å². The molecule has 29 heavy (non-hydrogen) atoms. The van der Waals surface area contributed by atoms with Crippen LogP contribution in [0.4, 0.5) is 5.69 Å². The highest BCUT2D eigenvalue weighted by molar-refractivity contribution is 7.92. The molecule has 2 aromatic carbocycles. The van der Waals surface area contributed by atoms with E-state index < -0.39 is 15.6 Å². The van der Waals surface area contributed by atoms with Crippen LogP contribution in [0.3, 0.4) is 0 Å². The molecule has 0 unspecified atom stereocenters. The number of hydrogen-bond acceptors (Lipinski definition) is 5. The highest BCUT2D eigenvalue weighted by atomic mass is 32.2. The van der Waals surface area contributed by atoms with Gasteiger partial charge in [-0.05, 0) is 50.5 Å². The number of aromatic amines is 1. The minimum Gasteiger partial charge on any atom is -0.486 e. The molecular formula is C21H22N4O3S. The molecule has 1 aliphatic heterocycles. The number of hydrogen-bond donors (Lipinski definition) is 2. The standard InChI is InChI=1S/C21H22N4O3S/c1-21(2)12-14-6-5-9-17(18(14)28-21)29(26,27)25-16-8-4-3-7-15(16)20-22-19(23-24-20)13-10-11-13/h3-9,13,25H,10-12H2,1-2H3,(H,22,23,24). The van der Waals surface area contributed by atoms with Gasteiger partial charge in [-0.25, -0.2) is 13.4 Å². The summed E-state index contributed by atoms with van der Waals surface area (Å²) in [6.07, 6.45) is 2.89. The highest BCUT2D eigenvalue weighted by Gasteiger charge is 2.35. The largest absolute Gasteiger partial charge is 0.486 e. The summed E-state index contributed by atoms with van der Waals surface area (Å²) in [5, 5.41) is 7.26. The van der Waals surface area contributed by atoms with Crippen molar-refractivity contribution in [3.05, 3.63) is 53.9 Å². The maximum Gasteiger partial charge on any atom is 0.265 e. The van der Waals surface area contributed by atoms with Gasteiger partial charge in [0.25, 0.3) is 10.0 Å². The quantitative estimate of drug-likeness (QED) is 0.666. The molecule has 8 heteroatoms. The fourth-order valence-electron chi connectivity index (χ4n) is 3.70. The van der Waals surface area contributed by atoms with Crippen molar-refractivity contribution in [1.82, 2.24) is 15.2 Å². The van der Waals surface area contributed by atoms with E-state index in [1.54, 1.807) is 24.3 Å². The molecule has 1 saturated carbocycles. The Morgan fingerprint density at radius 3 is 2.72 bits per heavy atom. The van der Waals surface area contributed by atoms with E-state index in [0.717, 1.165) is 24.2 Å². The highest BCUT2D eigenvalue weighted by Crippen LogP contribution is 2.41. The predicted molar refractivity (Wildman–Crippen MR) is 109 cm³/mol. The Morgan fingerprint density at radius 2 is 1.93 bits per heavy atom. The van der Waals surface area contributed by atoms with E-state index in [0.29, 0.717) is 35.2 Å². The molecule has 2 aliphatic rings. The summed E-state index contributed by atoms with van der Waals surface area (Å²) in [7, 11) is -3.86. The first-order valence-corrected chi connectivity index (χ1v) is 11.2. The SMILES string of the molecule is CC1(C)Cc2cccc(S(=O)(=O)Nc3ccccc3-c3n[nH]c(C4CC4)n3)c2O1. The van der Waals surface area contributed by atoms with Crippen molar-refractivity contribution in [2.45, 2.75) is 49.5 Å². The molecule has 2 heterocycles. The molecule has 5 rings (SSSR count). The van der Waals surface area contributed by atoms with E-state index in [2.05, 4.69) is 19.9 Å². The Bertz CT molecular complexity index is 1200. The van der Waals surface area contributed by atoms with E-state index in [1.165, 1.54) is 0 Å². The monoisotopic (exact) mass is 410 g/mol. The Balaban J connectivity index is 1.51. The van der Waals surface area contributed by atoms with Gasteiger partial charge in [0.15, 0.2) is 5.82 Å². The van der Waals surface area contributed by atoms with Crippen LogP contribution in [0.5, 0.6) is 5.75 Å². The van der Waals surface area contributed by atoms with Gasteiger partial charge >= 0.3 is 0 Å². The Morgan fingerprint density at radius 1 is 1.14 bits per heavy atom. The summed E-state index contributed by atoms with van der Waals surface area (Å²) in [4.78, 5) is 4.70. The van der Waals surface area contributed by atoms with Gasteiger partial charge in [0.2, 0.25) is 0 Å². The van der Waals surface area contributed by atoms with Crippen LogP contribution >= 0.6 is 0 Å². The molecule has 7 nitrogen and oxygen atoms in total. The Labute approximate surface area is 169 Å². The van der Waals surface area contributed by atoms with Gasteiger partial charge in [-0.3, -0.25) is 9.82 Å². The lowest BCUT2D eigenvalue weighted by molar-refractivity contribution is 0.135. The number of nitrogens with one attached hydrogen (secondary N) is 2. The molecule has 0 spiro atoms. The lowest BCUT2D eigenvalue weighted by atomic mass is 10.0. The number of benzene rings is 2. The van der Waals surface area contributed by atoms with Crippen LogP contribution in [0.25, 0.3) is 11.4 Å². The van der Waals surface area contributed by atoms with Gasteiger partial charge in [0.1, 0.15) is 22.1 Å². The van der Waals surface area contributed by atoms with Gasteiger partial charge < -0.3 is 4.74 Å². The minimum absolute atomic E-state index is 0.143. The molecule has 1 fully saturated rings. The van der Waals surface area contributed by atoms with Gasteiger partial charge in [-0.2, -0.15) is 5.10 Å². The third-order valence-electron chi connectivity index (χ3n) is 5.22. The maximum absolute atomic E-state index is 13.2. The van der Waals surface area contributed by atoms with Crippen molar-refractivity contribution in [3.8, 4) is 17.1 Å². The zero-order chi connectivity index (χ0) is 20.2. The van der Waals surface area contributed by atoms with Crippen LogP contribution in [0.15, 0.2) is 47.4 Å². The molecule has 0 atom stereocenters. The van der Waals surface area contributed by atoms with E-state index in [1.807, 2.05) is 32.0 Å². The number of sulfonamides is 1. The normalized spacial score (nSPS) is 17.6. The first kappa shape index (κ1) is 18.2. The third kappa shape index (κ3) is 3.37. The number of fused-ring (bicyclic) bond motifs is 1. The van der Waals surface area contributed by atoms with Crippen LogP contribution in [0, 0.1) is 0 Å². The number of para-hydroxylation sites is 2. The van der Waals surface area contributed by atoms with E-state index >= 15 is 0 Å². The molecule has 2 N–H and O–H groups in total. The number of nitrogens with zero attached hydrogens (tertiary/aromatic N) is 2. The molecule has 1 aliphatic carbocycles. The first-order chi connectivity index (χ1) is 13.8. The fraction of sp³-hybridized carbons (Fsp3) is 0.333. The molecule has 1 aromatic heterocycles. The van der Waals surface area contributed by atoms with E-state index in [9.17, 15) is 8.42 Å². The molecular weight excluding hydrogens is 388 g/mol. The Hall–Kier alpha value is -2.87. The molecule has 150 valence electrons. The van der Waals surface area contributed by atoms with Crippen molar-refractivity contribution in [3.63, 3.8) is 0 Å². The van der Waals surface area contributed by atoms with E-state index in [-0.39, 0.29) is 4.90 Å². The van der Waals surface area contributed by atoms with E-state index in [4.69, 9.17) is 4.74 Å². The molecule has 0 radical (unpaired) electrons. The summed E-state index contributed by atoms with van der Waals surface area (Å²) in [6, 6.07) is 12.4. The van der Waals surface area contributed by atoms with Gasteiger partial charge in [0, 0.05) is 17.9 Å². The predicted octanol–water partition coefficient (Wildman–Crippen LogP) is 3.86. The summed E-state index contributed by atoms with van der Waals surface area (Å²) >= 11 is 0. The smallest absolute Gasteiger partial charge is 0.265 e. The second-order valence-corrected chi connectivity index (χ2v) is 9.90. The van der Waals surface area contributed by atoms with Crippen LogP contribution in [-0.2, 0) is 16.4 Å². The lowest BCUT2D eigenvalue weighted by Gasteiger charge is -2.18. The number of aromatic nitrogens is 3. The van der Waals surface area contributed by atoms with Crippen molar-refractivity contribution < 1.29 is 13.2 Å². The number of H-pyrrole nitrogens is 1. The van der Waals surface area contributed by atoms with Crippen molar-refractivity contribution in [1.29, 1.82) is 0 Å². The van der Waals surface area contributed by atoms with Crippen molar-refractivity contribution in [2.75, 3.05) is 4.72 Å². The second-order valence-electron chi connectivity index (χ2n) is 8.25. The third-order valence-corrected chi connectivity index (χ3v) is 6.61. The average Bonchev–Trinajstić information content (AvgIpc) is 3.30. The summed E-state index contributed by atoms with van der Waals surface area (Å²) in [6.45, 7) is 3.90. The zero-order valence-corrected chi connectivity index (χ0v) is 17.1. The summed E-state index contributed by atoms with van der Waals surface area (Å²) < 4.78 is 35.1.